The smallest absolute Gasteiger partial charge is 0.312 e. The van der Waals surface area contributed by atoms with Crippen LogP contribution in [0.2, 0.25) is 0 Å². The molecular formula is C11H16N2OS. The minimum atomic E-state index is -0.474. The molecule has 0 saturated heterocycles. The first-order valence-corrected chi connectivity index (χ1v) is 5.56. The van der Waals surface area contributed by atoms with E-state index in [-0.39, 0.29) is 6.04 Å². The lowest BCUT2D eigenvalue weighted by Gasteiger charge is -2.16. The van der Waals surface area contributed by atoms with Crippen molar-refractivity contribution in [2.45, 2.75) is 18.9 Å². The van der Waals surface area contributed by atoms with Crippen molar-refractivity contribution in [3.63, 3.8) is 0 Å². The van der Waals surface area contributed by atoms with Gasteiger partial charge in [-0.25, -0.2) is 4.79 Å². The molecule has 4 heteroatoms. The Morgan fingerprint density at radius 3 is 2.60 bits per heavy atom. The van der Waals surface area contributed by atoms with Gasteiger partial charge < -0.3 is 11.1 Å². The van der Waals surface area contributed by atoms with E-state index in [1.807, 2.05) is 30.3 Å². The fourth-order valence-electron chi connectivity index (χ4n) is 1.48. The summed E-state index contributed by atoms with van der Waals surface area (Å²) in [7, 11) is 0. The van der Waals surface area contributed by atoms with Crippen molar-refractivity contribution in [2.75, 3.05) is 5.75 Å². The molecule has 0 aliphatic heterocycles. The van der Waals surface area contributed by atoms with Gasteiger partial charge in [-0.15, -0.1) is 0 Å². The third kappa shape index (κ3) is 4.74. The van der Waals surface area contributed by atoms with Crippen LogP contribution in [-0.4, -0.2) is 17.8 Å². The van der Waals surface area contributed by atoms with Crippen LogP contribution in [0.25, 0.3) is 0 Å². The number of benzene rings is 1. The number of hydrogen-bond donors (Lipinski definition) is 3. The maximum atomic E-state index is 10.8. The lowest BCUT2D eigenvalue weighted by Crippen LogP contribution is -2.40. The zero-order chi connectivity index (χ0) is 11.1. The number of primary amides is 1. The third-order valence-corrected chi connectivity index (χ3v) is 2.41. The second-order valence-electron chi connectivity index (χ2n) is 3.41. The molecule has 1 rings (SSSR count). The molecule has 0 aliphatic rings. The highest BCUT2D eigenvalue weighted by atomic mass is 32.1. The molecule has 1 aromatic rings. The van der Waals surface area contributed by atoms with E-state index >= 15 is 0 Å². The fourth-order valence-corrected chi connectivity index (χ4v) is 1.79. The van der Waals surface area contributed by atoms with Crippen LogP contribution in [0.3, 0.4) is 0 Å². The number of rotatable bonds is 5. The quantitative estimate of drug-likeness (QED) is 0.654. The minimum Gasteiger partial charge on any atom is -0.352 e. The molecule has 0 fully saturated rings. The number of nitrogens with one attached hydrogen (secondary N) is 1. The van der Waals surface area contributed by atoms with Crippen molar-refractivity contribution in [1.29, 1.82) is 0 Å². The second kappa shape index (κ2) is 6.35. The molecule has 1 aromatic carbocycles. The predicted molar refractivity (Wildman–Crippen MR) is 65.1 cm³/mol. The summed E-state index contributed by atoms with van der Waals surface area (Å²) < 4.78 is 0. The van der Waals surface area contributed by atoms with Gasteiger partial charge in [0.2, 0.25) is 0 Å². The van der Waals surface area contributed by atoms with E-state index in [1.54, 1.807) is 0 Å². The van der Waals surface area contributed by atoms with Crippen LogP contribution < -0.4 is 11.1 Å². The molecule has 0 saturated carbocycles. The van der Waals surface area contributed by atoms with E-state index in [0.29, 0.717) is 0 Å². The van der Waals surface area contributed by atoms with Crippen LogP contribution >= 0.6 is 12.6 Å². The molecule has 0 aromatic heterocycles. The van der Waals surface area contributed by atoms with E-state index in [1.165, 1.54) is 5.56 Å². The average Bonchev–Trinajstić information content (AvgIpc) is 2.18. The number of urea groups is 1. The molecule has 15 heavy (non-hydrogen) atoms. The molecule has 0 aliphatic carbocycles. The van der Waals surface area contributed by atoms with E-state index in [0.717, 1.165) is 18.6 Å². The highest BCUT2D eigenvalue weighted by Crippen LogP contribution is 2.06. The second-order valence-corrected chi connectivity index (χ2v) is 3.85. The van der Waals surface area contributed by atoms with Crippen LogP contribution in [0.4, 0.5) is 4.79 Å². The molecule has 0 bridgehead atoms. The van der Waals surface area contributed by atoms with Gasteiger partial charge >= 0.3 is 6.03 Å². The van der Waals surface area contributed by atoms with Crippen molar-refractivity contribution in [1.82, 2.24) is 5.32 Å². The first kappa shape index (κ1) is 11.9. The average molecular weight is 224 g/mol. The van der Waals surface area contributed by atoms with Gasteiger partial charge in [0.15, 0.2) is 0 Å². The van der Waals surface area contributed by atoms with Gasteiger partial charge in [-0.2, -0.15) is 12.6 Å². The predicted octanol–water partition coefficient (Wildman–Crippen LogP) is 1.59. The summed E-state index contributed by atoms with van der Waals surface area (Å²) in [5, 5.41) is 2.72. The Morgan fingerprint density at radius 1 is 1.40 bits per heavy atom. The lowest BCUT2D eigenvalue weighted by molar-refractivity contribution is 0.245. The highest BCUT2D eigenvalue weighted by Gasteiger charge is 2.09. The Bertz CT molecular complexity index is 303. The van der Waals surface area contributed by atoms with E-state index in [9.17, 15) is 4.79 Å². The summed E-state index contributed by atoms with van der Waals surface area (Å²) in [5.41, 5.74) is 6.29. The standard InChI is InChI=1S/C11H16N2OS/c12-11(14)13-10(6-7-15)8-9-4-2-1-3-5-9/h1-5,10,15H,6-8H2,(H3,12,13,14). The molecule has 82 valence electrons. The lowest BCUT2D eigenvalue weighted by atomic mass is 10.0. The zero-order valence-corrected chi connectivity index (χ0v) is 9.41. The summed E-state index contributed by atoms with van der Waals surface area (Å²) in [5.74, 6) is 0.734. The van der Waals surface area contributed by atoms with Gasteiger partial charge in [0.1, 0.15) is 0 Å². The van der Waals surface area contributed by atoms with Gasteiger partial charge in [0.25, 0.3) is 0 Å². The largest absolute Gasteiger partial charge is 0.352 e. The number of amides is 2. The van der Waals surface area contributed by atoms with Crippen LogP contribution in [0.15, 0.2) is 30.3 Å². The van der Waals surface area contributed by atoms with E-state index in [4.69, 9.17) is 5.73 Å². The summed E-state index contributed by atoms with van der Waals surface area (Å²) in [4.78, 5) is 10.8. The number of carbonyl (C=O) groups excluding carboxylic acids is 1. The van der Waals surface area contributed by atoms with Gasteiger partial charge in [-0.1, -0.05) is 30.3 Å². The van der Waals surface area contributed by atoms with Crippen LogP contribution in [0.1, 0.15) is 12.0 Å². The first-order chi connectivity index (χ1) is 7.22. The Balaban J connectivity index is 2.54. The Morgan fingerprint density at radius 2 is 2.07 bits per heavy atom. The Labute approximate surface area is 95.5 Å². The van der Waals surface area contributed by atoms with Crippen molar-refractivity contribution in [2.24, 2.45) is 5.73 Å². The van der Waals surface area contributed by atoms with Gasteiger partial charge in [-0.05, 0) is 24.2 Å². The minimum absolute atomic E-state index is 0.0717. The number of carbonyl (C=O) groups is 1. The monoisotopic (exact) mass is 224 g/mol. The molecule has 0 heterocycles. The topological polar surface area (TPSA) is 55.1 Å². The molecule has 3 N–H and O–H groups in total. The van der Waals surface area contributed by atoms with E-state index in [2.05, 4.69) is 17.9 Å². The molecular weight excluding hydrogens is 208 g/mol. The Kier molecular flexibility index (Phi) is 5.04. The number of hydrogen-bond acceptors (Lipinski definition) is 2. The highest BCUT2D eigenvalue weighted by molar-refractivity contribution is 7.80. The first-order valence-electron chi connectivity index (χ1n) is 4.93. The molecule has 1 unspecified atom stereocenters. The third-order valence-electron chi connectivity index (χ3n) is 2.15. The molecule has 0 spiro atoms. The van der Waals surface area contributed by atoms with E-state index < -0.39 is 6.03 Å². The number of thiol groups is 1. The molecule has 2 amide bonds. The summed E-state index contributed by atoms with van der Waals surface area (Å²) in [6.45, 7) is 0. The van der Waals surface area contributed by atoms with Crippen LogP contribution in [0.5, 0.6) is 0 Å². The summed E-state index contributed by atoms with van der Waals surface area (Å²) >= 11 is 4.16. The maximum absolute atomic E-state index is 10.8. The van der Waals surface area contributed by atoms with Crippen molar-refractivity contribution in [3.8, 4) is 0 Å². The fraction of sp³-hybridized carbons (Fsp3) is 0.364. The maximum Gasteiger partial charge on any atom is 0.312 e. The van der Waals surface area contributed by atoms with Crippen LogP contribution in [-0.2, 0) is 6.42 Å². The van der Waals surface area contributed by atoms with Crippen LogP contribution in [0, 0.1) is 0 Å². The van der Waals surface area contributed by atoms with Gasteiger partial charge in [-0.3, -0.25) is 0 Å². The zero-order valence-electron chi connectivity index (χ0n) is 8.52. The molecule has 1 atom stereocenters. The number of nitrogens with two attached hydrogens (primary N) is 1. The summed E-state index contributed by atoms with van der Waals surface area (Å²) in [6, 6.07) is 9.61. The van der Waals surface area contributed by atoms with Crippen molar-refractivity contribution >= 4 is 18.7 Å². The van der Waals surface area contributed by atoms with Gasteiger partial charge in [0.05, 0.1) is 0 Å². The normalized spacial score (nSPS) is 12.1. The Hall–Kier alpha value is -1.16. The molecule has 0 radical (unpaired) electrons. The van der Waals surface area contributed by atoms with Crippen molar-refractivity contribution in [3.05, 3.63) is 35.9 Å². The molecule has 3 nitrogen and oxygen atoms in total. The van der Waals surface area contributed by atoms with Crippen molar-refractivity contribution < 1.29 is 4.79 Å². The van der Waals surface area contributed by atoms with Gasteiger partial charge in [0, 0.05) is 6.04 Å². The SMILES string of the molecule is NC(=O)NC(CCS)Cc1ccccc1. The summed E-state index contributed by atoms with van der Waals surface area (Å²) in [6.07, 6.45) is 1.62.